The minimum Gasteiger partial charge on any atom is -0.366 e. The van der Waals surface area contributed by atoms with E-state index in [2.05, 4.69) is 51.9 Å². The number of nitrogens with one attached hydrogen (secondary N) is 2. The van der Waals surface area contributed by atoms with E-state index in [4.69, 9.17) is 0 Å². The highest BCUT2D eigenvalue weighted by Gasteiger charge is 2.24. The fraction of sp³-hybridized carbons (Fsp3) is 0.355. The molecule has 2 N–H and O–H groups in total. The van der Waals surface area contributed by atoms with Crippen LogP contribution in [-0.2, 0) is 24.2 Å². The first-order valence-corrected chi connectivity index (χ1v) is 13.3. The van der Waals surface area contributed by atoms with Gasteiger partial charge >= 0.3 is 0 Å². The van der Waals surface area contributed by atoms with E-state index in [1.54, 1.807) is 0 Å². The Balaban J connectivity index is 1.35. The second-order valence-corrected chi connectivity index (χ2v) is 9.99. The fourth-order valence-electron chi connectivity index (χ4n) is 5.44. The summed E-state index contributed by atoms with van der Waals surface area (Å²) in [6, 6.07) is 24.5. The van der Waals surface area contributed by atoms with Gasteiger partial charge in [0.2, 0.25) is 5.91 Å². The lowest BCUT2D eigenvalue weighted by Crippen LogP contribution is -2.34. The van der Waals surface area contributed by atoms with Crippen LogP contribution in [-0.4, -0.2) is 24.9 Å². The molecule has 5 rings (SSSR count). The van der Waals surface area contributed by atoms with Gasteiger partial charge in [-0.2, -0.15) is 0 Å². The van der Waals surface area contributed by atoms with E-state index in [-0.39, 0.29) is 17.7 Å². The summed E-state index contributed by atoms with van der Waals surface area (Å²) in [6.45, 7) is 2.19. The standard InChI is InChI=1S/C31H35N3O2/c35-30(25-12-5-2-6-13-25)33-27-15-16-29(34-20-18-24-11-7-8-14-26(24)22-34)28(21-27)31(36)32-19-17-23-9-3-1-4-10-23/h1,3-4,7-11,14-16,21,25H,2,5-6,12-13,17-20,22H2,(H,32,36)(H,33,35). The molecule has 1 aliphatic heterocycles. The van der Waals surface area contributed by atoms with Crippen molar-refractivity contribution in [3.63, 3.8) is 0 Å². The van der Waals surface area contributed by atoms with Crippen molar-refractivity contribution in [1.82, 2.24) is 5.32 Å². The summed E-state index contributed by atoms with van der Waals surface area (Å²) >= 11 is 0. The third kappa shape index (κ3) is 5.78. The second kappa shape index (κ2) is 11.4. The van der Waals surface area contributed by atoms with Crippen molar-refractivity contribution in [3.8, 4) is 0 Å². The Morgan fingerprint density at radius 1 is 0.861 bits per heavy atom. The molecule has 2 aliphatic rings. The van der Waals surface area contributed by atoms with Crippen molar-refractivity contribution < 1.29 is 9.59 Å². The molecule has 5 heteroatoms. The Hall–Kier alpha value is -3.60. The molecule has 0 bridgehead atoms. The van der Waals surface area contributed by atoms with Crippen LogP contribution >= 0.6 is 0 Å². The number of hydrogen-bond acceptors (Lipinski definition) is 3. The third-order valence-electron chi connectivity index (χ3n) is 7.50. The molecule has 186 valence electrons. The van der Waals surface area contributed by atoms with Crippen molar-refractivity contribution >= 4 is 23.2 Å². The Kier molecular flexibility index (Phi) is 7.65. The predicted molar refractivity (Wildman–Crippen MR) is 145 cm³/mol. The minimum atomic E-state index is -0.103. The summed E-state index contributed by atoms with van der Waals surface area (Å²) < 4.78 is 0. The van der Waals surface area contributed by atoms with Crippen LogP contribution in [0.3, 0.4) is 0 Å². The number of anilines is 2. The van der Waals surface area contributed by atoms with E-state index in [9.17, 15) is 9.59 Å². The van der Waals surface area contributed by atoms with Crippen LogP contribution < -0.4 is 15.5 Å². The molecule has 5 nitrogen and oxygen atoms in total. The Morgan fingerprint density at radius 3 is 2.42 bits per heavy atom. The highest BCUT2D eigenvalue weighted by molar-refractivity contribution is 6.02. The molecule has 0 atom stereocenters. The van der Waals surface area contributed by atoms with E-state index in [1.807, 2.05) is 36.4 Å². The predicted octanol–water partition coefficient (Wildman–Crippen LogP) is 5.74. The van der Waals surface area contributed by atoms with Gasteiger partial charge < -0.3 is 15.5 Å². The molecule has 1 saturated carbocycles. The summed E-state index contributed by atoms with van der Waals surface area (Å²) in [5.74, 6) is 0.0403. The average molecular weight is 482 g/mol. The molecular formula is C31H35N3O2. The van der Waals surface area contributed by atoms with Crippen LogP contribution in [0.2, 0.25) is 0 Å². The number of fused-ring (bicyclic) bond motifs is 1. The number of nitrogens with zero attached hydrogens (tertiary/aromatic N) is 1. The summed E-state index contributed by atoms with van der Waals surface area (Å²) in [6.07, 6.45) is 7.06. The van der Waals surface area contributed by atoms with Gasteiger partial charge in [-0.3, -0.25) is 9.59 Å². The largest absolute Gasteiger partial charge is 0.366 e. The lowest BCUT2D eigenvalue weighted by atomic mass is 9.88. The zero-order valence-corrected chi connectivity index (χ0v) is 20.8. The van der Waals surface area contributed by atoms with Crippen LogP contribution in [0.25, 0.3) is 0 Å². The van der Waals surface area contributed by atoms with Crippen molar-refractivity contribution in [1.29, 1.82) is 0 Å². The van der Waals surface area contributed by atoms with Crippen molar-refractivity contribution in [2.45, 2.75) is 51.5 Å². The van der Waals surface area contributed by atoms with Gasteiger partial charge in [-0.25, -0.2) is 0 Å². The third-order valence-corrected chi connectivity index (χ3v) is 7.50. The number of amides is 2. The first-order chi connectivity index (χ1) is 17.7. The Labute approximate surface area is 213 Å². The topological polar surface area (TPSA) is 61.4 Å². The first-order valence-electron chi connectivity index (χ1n) is 13.3. The molecule has 0 saturated heterocycles. The van der Waals surface area contributed by atoms with Crippen LogP contribution in [0.15, 0.2) is 72.8 Å². The van der Waals surface area contributed by atoms with E-state index in [0.29, 0.717) is 17.8 Å². The molecule has 1 heterocycles. The number of benzene rings is 3. The maximum atomic E-state index is 13.4. The second-order valence-electron chi connectivity index (χ2n) is 9.99. The van der Waals surface area contributed by atoms with Gasteiger partial charge in [0.15, 0.2) is 0 Å². The van der Waals surface area contributed by atoms with Crippen LogP contribution in [0.5, 0.6) is 0 Å². The molecule has 1 aliphatic carbocycles. The fourth-order valence-corrected chi connectivity index (χ4v) is 5.44. The van der Waals surface area contributed by atoms with Gasteiger partial charge in [0.05, 0.1) is 5.56 Å². The highest BCUT2D eigenvalue weighted by atomic mass is 16.2. The van der Waals surface area contributed by atoms with Gasteiger partial charge in [-0.1, -0.05) is 73.9 Å². The molecular weight excluding hydrogens is 446 g/mol. The number of hydrogen-bond donors (Lipinski definition) is 2. The molecule has 36 heavy (non-hydrogen) atoms. The SMILES string of the molecule is O=C(NCCc1ccccc1)c1cc(NC(=O)C2CCCCC2)ccc1N1CCc2ccccc2C1. The van der Waals surface area contributed by atoms with Crippen molar-refractivity contribution in [2.24, 2.45) is 5.92 Å². The lowest BCUT2D eigenvalue weighted by Gasteiger charge is -2.32. The molecule has 1 fully saturated rings. The van der Waals surface area contributed by atoms with Gasteiger partial charge in [0.25, 0.3) is 5.91 Å². The minimum absolute atomic E-state index is 0.0696. The van der Waals surface area contributed by atoms with Gasteiger partial charge in [-0.15, -0.1) is 0 Å². The Bertz CT molecular complexity index is 1200. The van der Waals surface area contributed by atoms with Gasteiger partial charge in [-0.05, 0) is 60.6 Å². The maximum Gasteiger partial charge on any atom is 0.253 e. The van der Waals surface area contributed by atoms with Crippen molar-refractivity contribution in [3.05, 3.63) is 95.1 Å². The average Bonchev–Trinajstić information content (AvgIpc) is 2.93. The summed E-state index contributed by atoms with van der Waals surface area (Å²) in [4.78, 5) is 28.6. The number of carbonyl (C=O) groups excluding carboxylic acids is 2. The van der Waals surface area contributed by atoms with Gasteiger partial charge in [0.1, 0.15) is 0 Å². The summed E-state index contributed by atoms with van der Waals surface area (Å²) in [5.41, 5.74) is 6.09. The molecule has 3 aromatic carbocycles. The van der Waals surface area contributed by atoms with Crippen molar-refractivity contribution in [2.75, 3.05) is 23.3 Å². The van der Waals surface area contributed by atoms with E-state index in [1.165, 1.54) is 23.1 Å². The zero-order chi connectivity index (χ0) is 24.7. The monoisotopic (exact) mass is 481 g/mol. The Morgan fingerprint density at radius 2 is 1.61 bits per heavy atom. The van der Waals surface area contributed by atoms with E-state index < -0.39 is 0 Å². The van der Waals surface area contributed by atoms with Crippen LogP contribution in [0.1, 0.15) is 59.2 Å². The number of carbonyl (C=O) groups is 2. The highest BCUT2D eigenvalue weighted by Crippen LogP contribution is 2.31. The normalized spacial score (nSPS) is 15.7. The van der Waals surface area contributed by atoms with Crippen LogP contribution in [0, 0.1) is 5.92 Å². The smallest absolute Gasteiger partial charge is 0.253 e. The summed E-state index contributed by atoms with van der Waals surface area (Å²) in [7, 11) is 0. The molecule has 3 aromatic rings. The van der Waals surface area contributed by atoms with E-state index in [0.717, 1.165) is 57.3 Å². The number of rotatable bonds is 7. The van der Waals surface area contributed by atoms with Crippen LogP contribution in [0.4, 0.5) is 11.4 Å². The molecule has 0 aromatic heterocycles. The molecule has 0 radical (unpaired) electrons. The quantitative estimate of drug-likeness (QED) is 0.452. The molecule has 0 spiro atoms. The van der Waals surface area contributed by atoms with E-state index >= 15 is 0 Å². The summed E-state index contributed by atoms with van der Waals surface area (Å²) in [5, 5.41) is 6.21. The molecule has 2 amide bonds. The first kappa shape index (κ1) is 24.1. The maximum absolute atomic E-state index is 13.4. The van der Waals surface area contributed by atoms with Gasteiger partial charge in [0, 0.05) is 36.9 Å². The molecule has 0 unspecified atom stereocenters. The zero-order valence-electron chi connectivity index (χ0n) is 20.8. The lowest BCUT2D eigenvalue weighted by molar-refractivity contribution is -0.120.